The number of benzene rings is 2. The topological polar surface area (TPSA) is 504 Å². The summed E-state index contributed by atoms with van der Waals surface area (Å²) in [5, 5.41) is 28.7. The molecule has 40 nitrogen and oxygen atoms in total. The number of ether oxygens (including phenoxy) is 24. The summed E-state index contributed by atoms with van der Waals surface area (Å²) in [6.07, 6.45) is -11.0. The quantitative estimate of drug-likeness (QED) is 0.0153. The molecule has 0 spiro atoms. The van der Waals surface area contributed by atoms with Crippen molar-refractivity contribution in [3.63, 3.8) is 0 Å². The fourth-order valence-corrected chi connectivity index (χ4v) is 13.3. The van der Waals surface area contributed by atoms with E-state index in [0.29, 0.717) is 32.8 Å². The van der Waals surface area contributed by atoms with Gasteiger partial charge in [-0.1, -0.05) is 59.3 Å². The number of aldehydes is 1. The van der Waals surface area contributed by atoms with Gasteiger partial charge in [-0.2, -0.15) is 0 Å². The van der Waals surface area contributed by atoms with Crippen molar-refractivity contribution in [2.75, 3.05) is 99.1 Å². The van der Waals surface area contributed by atoms with Crippen molar-refractivity contribution >= 4 is 93.5 Å². The zero-order valence-corrected chi connectivity index (χ0v) is 87.7. The van der Waals surface area contributed by atoms with Crippen molar-refractivity contribution in [1.29, 1.82) is 0 Å². The number of rotatable bonds is 32. The Bertz CT molecular complexity index is 4240. The molecular weight excluding hydrogens is 1970 g/mol. The fourth-order valence-electron chi connectivity index (χ4n) is 13.1. The van der Waals surface area contributed by atoms with E-state index in [2.05, 4.69) is 39.6 Å². The summed E-state index contributed by atoms with van der Waals surface area (Å²) >= 11 is 3.07. The number of halogens is 6. The van der Waals surface area contributed by atoms with Crippen LogP contribution in [0.3, 0.4) is 0 Å². The summed E-state index contributed by atoms with van der Waals surface area (Å²) in [5.41, 5.74) is -12.3. The van der Waals surface area contributed by atoms with E-state index in [9.17, 15) is 90.1 Å². The third kappa shape index (κ3) is 41.8. The monoisotopic (exact) mass is 2110 g/mol. The second kappa shape index (κ2) is 58.2. The molecule has 0 bridgehead atoms. The summed E-state index contributed by atoms with van der Waals surface area (Å²) < 4.78 is 193. The molecule has 0 amide bonds. The number of aliphatic hydroxyl groups excluding tert-OH is 3. The van der Waals surface area contributed by atoms with E-state index in [4.69, 9.17) is 95.1 Å². The molecule has 12 unspecified atom stereocenters. The van der Waals surface area contributed by atoms with Crippen molar-refractivity contribution in [2.45, 2.75) is 348 Å². The van der Waals surface area contributed by atoms with Crippen molar-refractivity contribution in [1.82, 2.24) is 0 Å². The van der Waals surface area contributed by atoms with Crippen LogP contribution in [0.4, 0.5) is 22.0 Å². The number of alkyl halides is 6. The smallest absolute Gasteiger partial charge is 0.351 e. The Balaban J connectivity index is 0.000000548. The molecule has 3 N–H and O–H groups in total. The molecule has 8 aliphatic heterocycles. The zero-order valence-electron chi connectivity index (χ0n) is 86.1. The summed E-state index contributed by atoms with van der Waals surface area (Å²) in [5.74, 6) is -15.2. The van der Waals surface area contributed by atoms with E-state index in [1.807, 2.05) is 27.7 Å². The van der Waals surface area contributed by atoms with E-state index in [1.54, 1.807) is 154 Å². The number of hydrogen-bond donors (Lipinski definition) is 3. The lowest BCUT2D eigenvalue weighted by molar-refractivity contribution is -0.183. The Morgan fingerprint density at radius 2 is 0.845 bits per heavy atom. The normalized spacial score (nSPS) is 26.4. The highest BCUT2D eigenvalue weighted by molar-refractivity contribution is 9.10. The van der Waals surface area contributed by atoms with Gasteiger partial charge in [0, 0.05) is 0 Å². The number of cyclic esters (lactones) is 1. The Hall–Kier alpha value is -8.40. The lowest BCUT2D eigenvalue weighted by Crippen LogP contribution is -2.53. The summed E-state index contributed by atoms with van der Waals surface area (Å²) in [6, 6.07) is 16.1. The van der Waals surface area contributed by atoms with Gasteiger partial charge in [0.15, 0.2) is 71.4 Å². The maximum atomic E-state index is 15.2. The highest BCUT2D eigenvalue weighted by atomic mass is 79.9. The minimum atomic E-state index is -2.70. The fraction of sp³-hybridized carbons (Fsp3) is 0.740. The molecule has 8 saturated heterocycles. The molecule has 0 aromatic heterocycles. The Morgan fingerprint density at radius 1 is 0.479 bits per heavy atom. The van der Waals surface area contributed by atoms with E-state index >= 15 is 4.39 Å². The molecule has 8 heterocycles. The van der Waals surface area contributed by atoms with Gasteiger partial charge in [-0.05, 0) is 218 Å². The van der Waals surface area contributed by atoms with Crippen LogP contribution in [0.2, 0.25) is 0 Å². The first-order chi connectivity index (χ1) is 65.6. The van der Waals surface area contributed by atoms with Crippen LogP contribution in [0.5, 0.6) is 0 Å². The molecule has 8 fully saturated rings. The molecule has 0 saturated carbocycles. The average molecular weight is 2120 g/mol. The first-order valence-electron chi connectivity index (χ1n) is 46.3. The molecular formula is C96H146BrF5O40. The number of carbonyl (C=O) groups excluding carboxylic acids is 13. The Morgan fingerprint density at radius 3 is 1.19 bits per heavy atom. The van der Waals surface area contributed by atoms with Crippen LogP contribution in [0, 0.1) is 11.8 Å². The third-order valence-electron chi connectivity index (χ3n) is 20.8. The van der Waals surface area contributed by atoms with Gasteiger partial charge in [-0.3, -0.25) is 24.0 Å². The molecule has 2 aromatic rings. The van der Waals surface area contributed by atoms with Gasteiger partial charge < -0.3 is 134 Å². The predicted molar refractivity (Wildman–Crippen MR) is 491 cm³/mol. The van der Waals surface area contributed by atoms with Gasteiger partial charge in [0.2, 0.25) is 28.5 Å². The molecule has 0 aliphatic carbocycles. The summed E-state index contributed by atoms with van der Waals surface area (Å²) in [7, 11) is 0. The number of hydrogen-bond acceptors (Lipinski definition) is 40. The summed E-state index contributed by atoms with van der Waals surface area (Å²) in [4.78, 5) is 148. The Labute approximate surface area is 833 Å². The van der Waals surface area contributed by atoms with E-state index in [-0.39, 0.29) is 124 Å². The second-order valence-corrected chi connectivity index (χ2v) is 37.4. The zero-order chi connectivity index (χ0) is 109. The average Bonchev–Trinajstić information content (AvgIpc) is 1.62. The maximum Gasteiger partial charge on any atom is 0.351 e. The molecule has 46 heteroatoms. The van der Waals surface area contributed by atoms with Gasteiger partial charge in [0.05, 0.1) is 122 Å². The lowest BCUT2D eigenvalue weighted by Gasteiger charge is -2.32. The van der Waals surface area contributed by atoms with Gasteiger partial charge in [-0.25, -0.2) is 55.5 Å². The molecule has 8 aliphatic rings. The molecule has 812 valence electrons. The second-order valence-electron chi connectivity index (χ2n) is 36.0. The van der Waals surface area contributed by atoms with Crippen LogP contribution in [0.15, 0.2) is 60.7 Å². The first kappa shape index (κ1) is 130. The summed E-state index contributed by atoms with van der Waals surface area (Å²) in [6.45, 7) is 45.4. The minimum Gasteiger partial charge on any atom is -0.466 e. The van der Waals surface area contributed by atoms with Crippen LogP contribution < -0.4 is 0 Å². The molecule has 2 aromatic carbocycles. The number of carbonyl (C=O) groups is 13. The third-order valence-corrected chi connectivity index (χ3v) is 21.2. The molecule has 0 radical (unpaired) electrons. The van der Waals surface area contributed by atoms with Crippen molar-refractivity contribution < 1.29 is 213 Å². The van der Waals surface area contributed by atoms with Gasteiger partial charge >= 0.3 is 59.7 Å². The van der Waals surface area contributed by atoms with Crippen LogP contribution in [0.1, 0.15) is 221 Å². The largest absolute Gasteiger partial charge is 0.466 e. The van der Waals surface area contributed by atoms with Crippen molar-refractivity contribution in [2.24, 2.45) is 11.8 Å². The lowest BCUT2D eigenvalue weighted by atomic mass is 9.96. The number of Topliss-reactive ketones (excluding diaryl/α,β-unsaturated/α-hetero) is 2. The number of esters is 10. The van der Waals surface area contributed by atoms with Crippen molar-refractivity contribution in [3.05, 3.63) is 71.8 Å². The van der Waals surface area contributed by atoms with Crippen molar-refractivity contribution in [3.8, 4) is 0 Å². The molecule has 21 atom stereocenters. The van der Waals surface area contributed by atoms with Crippen LogP contribution in [-0.2, 0) is 166 Å². The predicted octanol–water partition coefficient (Wildman–Crippen LogP) is 10.0. The molecule has 10 rings (SSSR count). The van der Waals surface area contributed by atoms with Crippen LogP contribution in [-0.4, -0.2) is 339 Å². The Kier molecular flexibility index (Phi) is 53.2. The van der Waals surface area contributed by atoms with E-state index in [1.165, 1.54) is 38.1 Å². The maximum absolute atomic E-state index is 15.2. The van der Waals surface area contributed by atoms with Crippen LogP contribution >= 0.6 is 15.9 Å². The van der Waals surface area contributed by atoms with Gasteiger partial charge in [0.1, 0.15) is 59.6 Å². The standard InChI is InChI=1S/C18H23FO6.C13H13FO5.2C11H19FO5.C11H17FO5.C11H18O5.C11H20O4.C5H9BrO2.C5H8O3/c1-5-22-16(21)18(4,19)14(13-11-23-17(2,3)25-13)24-15(20)12-9-7-6-8-10-12;1-13(14)10(9(7-15)18-12(13)17)19-11(16)8-5-3-2-4-6-8;3*1-5-15-9(14)11(4,12)8(13)7-6-16-10(2,3)17-7;1-5-14-10(13)7(2)9(12)8-6-15-11(3,4)16-8;1-5-13-10(12)8(2)6-9-7-14-11(3,4)15-9;1-3-8-5(7)4(2)6;1-4-7-3-5(2-6)8-4/h6-10,13-14H,5,11H2,1-4H3;2-6,9-10,15H,7H2,1H3;2*7-8,13H,5-6H2,1-4H3;7H,5-6H2,1-4H3;7-8H,5-6H2,1-4H3;8-9H,5-7H2,1-4H3;4H,3H2,1-2H3;2,4-5H,3H2,1H3/t13?,14-,18?;9?,10-,13-;2*7?,8-,11-;;;8?,9-;;4?,5-/m1110..0.1/s1. The molecule has 142 heavy (non-hydrogen) atoms. The highest BCUT2D eigenvalue weighted by Gasteiger charge is 2.60. The number of ketones is 2. The van der Waals surface area contributed by atoms with Gasteiger partial charge in [0.25, 0.3) is 5.67 Å². The van der Waals surface area contributed by atoms with E-state index in [0.717, 1.165) is 40.9 Å². The van der Waals surface area contributed by atoms with E-state index < -0.39 is 190 Å². The highest BCUT2D eigenvalue weighted by Crippen LogP contribution is 2.38. The van der Waals surface area contributed by atoms with Gasteiger partial charge in [-0.15, -0.1) is 0 Å². The minimum absolute atomic E-state index is 0.000550. The number of aliphatic hydroxyl groups is 3. The SMILES string of the molecule is CC1OC[C@@H](C=O)O1.CCOC(=O)C(C)(F)C(=O)C1COC(C)(C)O1.CCOC(=O)C(C)(F)[C@H](OC(=O)c1ccccc1)C1COC(C)(C)O1.CCOC(=O)C(C)Br.CCOC(=O)C(C)C(=O)C1COC(C)(C)O1.CCOC(=O)C(C)C[C@H]1COC(C)(C)O1.CCOC(=O)[C@@](C)(F)[C@@H](O)C1COC(C)(C)O1.CCOC(=O)[C@](C)(F)[C@H](O)C1COC(C)(C)O1.C[C@]1(F)C(=O)OC(CO)[C@H]1OC(=O)c1ccccc1. The van der Waals surface area contributed by atoms with Crippen LogP contribution in [0.25, 0.3) is 0 Å². The first-order valence-corrected chi connectivity index (χ1v) is 47.2.